The molecule has 0 bridgehead atoms. The Morgan fingerprint density at radius 1 is 1.23 bits per heavy atom. The zero-order chi connectivity index (χ0) is 25.5. The molecule has 3 amide bonds. The van der Waals surface area contributed by atoms with E-state index in [1.165, 1.54) is 18.6 Å². The van der Waals surface area contributed by atoms with Crippen LogP contribution >= 0.6 is 0 Å². The predicted molar refractivity (Wildman–Crippen MR) is 130 cm³/mol. The maximum atomic E-state index is 13.4. The highest BCUT2D eigenvalue weighted by molar-refractivity contribution is 6.04. The molecule has 0 saturated heterocycles. The molecule has 1 aliphatic heterocycles. The number of amides is 3. The van der Waals surface area contributed by atoms with Crippen molar-refractivity contribution in [3.63, 3.8) is 0 Å². The van der Waals surface area contributed by atoms with Crippen molar-refractivity contribution in [3.8, 4) is 5.75 Å². The molecule has 3 rings (SSSR count). The van der Waals surface area contributed by atoms with Crippen molar-refractivity contribution in [3.05, 3.63) is 48.0 Å². The third-order valence-electron chi connectivity index (χ3n) is 6.12. The number of rotatable bonds is 4. The number of methoxy groups -OCH3 is 1. The van der Waals surface area contributed by atoms with Gasteiger partial charge in [0.05, 0.1) is 23.9 Å². The lowest BCUT2D eigenvalue weighted by Crippen LogP contribution is -2.48. The molecular weight excluding hydrogens is 450 g/mol. The smallest absolute Gasteiger partial charge is 0.275 e. The molecule has 1 N–H and O–H groups in total. The summed E-state index contributed by atoms with van der Waals surface area (Å²) in [6.45, 7) is 6.81. The fraction of sp³-hybridized carbons (Fsp3) is 0.480. The van der Waals surface area contributed by atoms with Gasteiger partial charge < -0.3 is 24.6 Å². The van der Waals surface area contributed by atoms with Gasteiger partial charge in [0, 0.05) is 57.7 Å². The van der Waals surface area contributed by atoms with Gasteiger partial charge in [-0.1, -0.05) is 13.8 Å². The molecule has 1 aromatic carbocycles. The Hall–Kier alpha value is -3.53. The van der Waals surface area contributed by atoms with Crippen LogP contribution in [0.25, 0.3) is 0 Å². The van der Waals surface area contributed by atoms with Crippen LogP contribution in [0.3, 0.4) is 0 Å². The van der Waals surface area contributed by atoms with Gasteiger partial charge in [-0.3, -0.25) is 19.4 Å². The van der Waals surface area contributed by atoms with Gasteiger partial charge in [-0.25, -0.2) is 4.98 Å². The number of aromatic nitrogens is 2. The molecule has 0 saturated carbocycles. The van der Waals surface area contributed by atoms with E-state index < -0.39 is 5.91 Å². The lowest BCUT2D eigenvalue weighted by molar-refractivity contribution is -0.135. The van der Waals surface area contributed by atoms with Gasteiger partial charge in [-0.05, 0) is 25.1 Å². The predicted octanol–water partition coefficient (Wildman–Crippen LogP) is 2.47. The molecule has 1 aliphatic rings. The molecule has 2 aromatic rings. The lowest BCUT2D eigenvalue weighted by atomic mass is 10.0. The number of carbonyl (C=O) groups is 3. The maximum Gasteiger partial charge on any atom is 0.275 e. The first kappa shape index (κ1) is 26.1. The molecule has 3 atom stereocenters. The van der Waals surface area contributed by atoms with Crippen LogP contribution in [0.1, 0.15) is 48.0 Å². The van der Waals surface area contributed by atoms with Crippen LogP contribution in [0.15, 0.2) is 36.8 Å². The maximum absolute atomic E-state index is 13.4. The number of nitrogens with one attached hydrogen (secondary N) is 1. The van der Waals surface area contributed by atoms with Crippen molar-refractivity contribution in [2.45, 2.75) is 39.3 Å². The summed E-state index contributed by atoms with van der Waals surface area (Å²) in [5.74, 6) is -0.308. The summed E-state index contributed by atoms with van der Waals surface area (Å²) in [7, 11) is 3.30. The molecule has 0 radical (unpaired) electrons. The van der Waals surface area contributed by atoms with E-state index >= 15 is 0 Å². The molecule has 1 aromatic heterocycles. The monoisotopic (exact) mass is 483 g/mol. The molecular formula is C25H33N5O5. The number of ether oxygens (including phenoxy) is 2. The molecule has 188 valence electrons. The van der Waals surface area contributed by atoms with Crippen LogP contribution in [-0.4, -0.2) is 83.5 Å². The Morgan fingerprint density at radius 2 is 2.00 bits per heavy atom. The number of hydrogen-bond acceptors (Lipinski definition) is 7. The Labute approximate surface area is 205 Å². The summed E-state index contributed by atoms with van der Waals surface area (Å²) in [5.41, 5.74) is 0.879. The zero-order valence-electron chi connectivity index (χ0n) is 20.9. The normalized spacial score (nSPS) is 21.3. The second-order valence-corrected chi connectivity index (χ2v) is 8.75. The molecule has 35 heavy (non-hydrogen) atoms. The summed E-state index contributed by atoms with van der Waals surface area (Å²) in [6.07, 6.45) is 4.39. The van der Waals surface area contributed by atoms with E-state index in [9.17, 15) is 14.4 Å². The van der Waals surface area contributed by atoms with Crippen LogP contribution in [0, 0.1) is 5.92 Å². The minimum absolute atomic E-state index is 0.00954. The number of carbonyl (C=O) groups excluding carboxylic acids is 3. The van der Waals surface area contributed by atoms with Gasteiger partial charge in [0.2, 0.25) is 5.91 Å². The topological polar surface area (TPSA) is 114 Å². The Morgan fingerprint density at radius 3 is 2.66 bits per heavy atom. The largest absolute Gasteiger partial charge is 0.491 e. The van der Waals surface area contributed by atoms with E-state index in [0.29, 0.717) is 36.5 Å². The SMILES string of the molecule is CCC(=O)N1C[C@H](C)[C@@H](OC)CN(C)C(=O)c2cc(NC(=O)c3cnccn3)ccc2OC[C@@H]1C. The Bertz CT molecular complexity index is 1050. The Kier molecular flexibility index (Phi) is 8.75. The number of likely N-dealkylation sites (N-methyl/N-ethyl adjacent to an activating group) is 1. The van der Waals surface area contributed by atoms with Gasteiger partial charge in [0.25, 0.3) is 11.8 Å². The fourth-order valence-corrected chi connectivity index (χ4v) is 4.02. The van der Waals surface area contributed by atoms with Crippen molar-refractivity contribution >= 4 is 23.4 Å². The highest BCUT2D eigenvalue weighted by atomic mass is 16.5. The standard InChI is InChI=1S/C25H33N5O5/c1-6-23(31)30-13-16(2)22(34-5)14-29(4)25(33)19-11-18(7-8-21(19)35-15-17(30)3)28-24(32)20-12-26-9-10-27-20/h7-12,16-17,22H,6,13-15H2,1-5H3,(H,28,32)/t16-,17-,22-/m0/s1. The molecule has 0 fully saturated rings. The third-order valence-corrected chi connectivity index (χ3v) is 6.12. The summed E-state index contributed by atoms with van der Waals surface area (Å²) in [6, 6.07) is 4.68. The van der Waals surface area contributed by atoms with Crippen LogP contribution in [0.4, 0.5) is 5.69 Å². The van der Waals surface area contributed by atoms with Crippen molar-refractivity contribution < 1.29 is 23.9 Å². The van der Waals surface area contributed by atoms with Gasteiger partial charge in [0.15, 0.2) is 0 Å². The van der Waals surface area contributed by atoms with E-state index in [0.717, 1.165) is 0 Å². The van der Waals surface area contributed by atoms with Gasteiger partial charge in [-0.15, -0.1) is 0 Å². The lowest BCUT2D eigenvalue weighted by Gasteiger charge is -2.36. The van der Waals surface area contributed by atoms with E-state index in [2.05, 4.69) is 15.3 Å². The molecule has 10 nitrogen and oxygen atoms in total. The first-order valence-corrected chi connectivity index (χ1v) is 11.7. The fourth-order valence-electron chi connectivity index (χ4n) is 4.02. The van der Waals surface area contributed by atoms with Crippen LogP contribution < -0.4 is 10.1 Å². The second kappa shape index (κ2) is 11.7. The number of hydrogen-bond donors (Lipinski definition) is 1. The highest BCUT2D eigenvalue weighted by Gasteiger charge is 2.30. The quantitative estimate of drug-likeness (QED) is 0.711. The van der Waals surface area contributed by atoms with E-state index in [4.69, 9.17) is 9.47 Å². The minimum Gasteiger partial charge on any atom is -0.491 e. The van der Waals surface area contributed by atoms with Gasteiger partial charge in [-0.2, -0.15) is 0 Å². The average molecular weight is 484 g/mol. The number of anilines is 1. The highest BCUT2D eigenvalue weighted by Crippen LogP contribution is 2.27. The first-order chi connectivity index (χ1) is 16.7. The van der Waals surface area contributed by atoms with Crippen LogP contribution in [0.5, 0.6) is 5.75 Å². The van der Waals surface area contributed by atoms with Gasteiger partial charge >= 0.3 is 0 Å². The van der Waals surface area contributed by atoms with Gasteiger partial charge in [0.1, 0.15) is 18.1 Å². The zero-order valence-corrected chi connectivity index (χ0v) is 20.9. The third kappa shape index (κ3) is 6.33. The first-order valence-electron chi connectivity index (χ1n) is 11.7. The van der Waals surface area contributed by atoms with Crippen molar-refractivity contribution in [1.82, 2.24) is 19.8 Å². The van der Waals surface area contributed by atoms with Crippen LogP contribution in [0.2, 0.25) is 0 Å². The molecule has 0 aliphatic carbocycles. The summed E-state index contributed by atoms with van der Waals surface area (Å²) in [5, 5.41) is 2.75. The Balaban J connectivity index is 1.94. The molecule has 0 unspecified atom stereocenters. The van der Waals surface area contributed by atoms with E-state index in [1.807, 2.05) is 25.7 Å². The molecule has 10 heteroatoms. The van der Waals surface area contributed by atoms with Crippen LogP contribution in [-0.2, 0) is 9.53 Å². The van der Waals surface area contributed by atoms with Crippen molar-refractivity contribution in [2.75, 3.05) is 39.2 Å². The van der Waals surface area contributed by atoms with E-state index in [-0.39, 0.29) is 42.2 Å². The summed E-state index contributed by atoms with van der Waals surface area (Å²) in [4.78, 5) is 49.9. The minimum atomic E-state index is -0.441. The second-order valence-electron chi connectivity index (χ2n) is 8.75. The summed E-state index contributed by atoms with van der Waals surface area (Å²) < 4.78 is 11.7. The van der Waals surface area contributed by atoms with E-state index in [1.54, 1.807) is 37.3 Å². The van der Waals surface area contributed by atoms with Crippen molar-refractivity contribution in [1.29, 1.82) is 0 Å². The molecule has 2 heterocycles. The number of fused-ring (bicyclic) bond motifs is 1. The molecule has 0 spiro atoms. The number of nitrogens with zero attached hydrogens (tertiary/aromatic N) is 4. The summed E-state index contributed by atoms with van der Waals surface area (Å²) >= 11 is 0. The van der Waals surface area contributed by atoms with Crippen molar-refractivity contribution in [2.24, 2.45) is 5.92 Å². The number of benzene rings is 1. The average Bonchev–Trinajstić information content (AvgIpc) is 2.88.